The number of carbonyl (C=O) groups is 1. The summed E-state index contributed by atoms with van der Waals surface area (Å²) in [5, 5.41) is 0. The minimum absolute atomic E-state index is 0.0633. The molecule has 19 heavy (non-hydrogen) atoms. The lowest BCUT2D eigenvalue weighted by molar-refractivity contribution is -0.138. The van der Waals surface area contributed by atoms with Crippen LogP contribution in [0.2, 0.25) is 0 Å². The van der Waals surface area contributed by atoms with Gasteiger partial charge in [0.2, 0.25) is 5.91 Å². The predicted molar refractivity (Wildman–Crippen MR) is 77.8 cm³/mol. The summed E-state index contributed by atoms with van der Waals surface area (Å²) < 4.78 is 0. The van der Waals surface area contributed by atoms with Crippen LogP contribution in [-0.4, -0.2) is 54.5 Å². The van der Waals surface area contributed by atoms with Crippen LogP contribution in [0.3, 0.4) is 0 Å². The second-order valence-electron chi connectivity index (χ2n) is 6.40. The van der Waals surface area contributed by atoms with Gasteiger partial charge in [0.05, 0.1) is 5.92 Å². The van der Waals surface area contributed by atoms with Gasteiger partial charge in [0.25, 0.3) is 0 Å². The maximum absolute atomic E-state index is 12.8. The first-order valence-corrected chi connectivity index (χ1v) is 7.84. The first-order valence-electron chi connectivity index (χ1n) is 7.84. The first-order chi connectivity index (χ1) is 9.09. The fourth-order valence-electron chi connectivity index (χ4n) is 3.56. The van der Waals surface area contributed by atoms with Crippen molar-refractivity contribution in [2.24, 2.45) is 11.7 Å². The van der Waals surface area contributed by atoms with Gasteiger partial charge in [-0.3, -0.25) is 4.79 Å². The molecule has 0 radical (unpaired) electrons. The Bertz CT molecular complexity index is 308. The molecule has 3 atom stereocenters. The fraction of sp³-hybridized carbons (Fsp3) is 0.933. The van der Waals surface area contributed by atoms with Crippen molar-refractivity contribution in [3.05, 3.63) is 0 Å². The number of likely N-dealkylation sites (N-methyl/N-ethyl adjacent to an activating group) is 1. The van der Waals surface area contributed by atoms with E-state index in [1.54, 1.807) is 0 Å². The van der Waals surface area contributed by atoms with Gasteiger partial charge in [0.15, 0.2) is 0 Å². The van der Waals surface area contributed by atoms with Crippen molar-refractivity contribution in [2.75, 3.05) is 26.7 Å². The van der Waals surface area contributed by atoms with Gasteiger partial charge in [-0.15, -0.1) is 0 Å². The predicted octanol–water partition coefficient (Wildman–Crippen LogP) is 1.45. The SMILES string of the molecule is CC1CN(C)CCCN1C(=O)C1CCCCCC1N. The van der Waals surface area contributed by atoms with Crippen molar-refractivity contribution < 1.29 is 4.79 Å². The van der Waals surface area contributed by atoms with Crippen LogP contribution in [-0.2, 0) is 4.79 Å². The highest BCUT2D eigenvalue weighted by molar-refractivity contribution is 5.80. The minimum atomic E-state index is 0.0633. The van der Waals surface area contributed by atoms with E-state index in [0.717, 1.165) is 45.3 Å². The van der Waals surface area contributed by atoms with Crippen molar-refractivity contribution in [2.45, 2.75) is 57.5 Å². The quantitative estimate of drug-likeness (QED) is 0.732. The third-order valence-corrected chi connectivity index (χ3v) is 4.72. The van der Waals surface area contributed by atoms with Crippen molar-refractivity contribution in [3.8, 4) is 0 Å². The maximum Gasteiger partial charge on any atom is 0.227 e. The molecule has 1 heterocycles. The molecular formula is C15H29N3O. The number of hydrogen-bond acceptors (Lipinski definition) is 3. The topological polar surface area (TPSA) is 49.6 Å². The Morgan fingerprint density at radius 2 is 1.84 bits per heavy atom. The van der Waals surface area contributed by atoms with E-state index >= 15 is 0 Å². The Hall–Kier alpha value is -0.610. The smallest absolute Gasteiger partial charge is 0.227 e. The van der Waals surface area contributed by atoms with Crippen LogP contribution in [0.5, 0.6) is 0 Å². The van der Waals surface area contributed by atoms with Gasteiger partial charge in [-0.1, -0.05) is 19.3 Å². The summed E-state index contributed by atoms with van der Waals surface area (Å²) in [5.74, 6) is 0.380. The lowest BCUT2D eigenvalue weighted by Gasteiger charge is -2.33. The lowest BCUT2D eigenvalue weighted by atomic mass is 9.93. The Morgan fingerprint density at radius 3 is 2.63 bits per heavy atom. The van der Waals surface area contributed by atoms with Gasteiger partial charge < -0.3 is 15.5 Å². The lowest BCUT2D eigenvalue weighted by Crippen LogP contribution is -2.48. The van der Waals surface area contributed by atoms with E-state index in [2.05, 4.69) is 23.8 Å². The van der Waals surface area contributed by atoms with Crippen LogP contribution >= 0.6 is 0 Å². The standard InChI is InChI=1S/C15H29N3O/c1-12-11-17(2)9-6-10-18(12)15(19)13-7-4-3-5-8-14(13)16/h12-14H,3-11,16H2,1-2H3. The van der Waals surface area contributed by atoms with Crippen molar-refractivity contribution in [3.63, 3.8) is 0 Å². The highest BCUT2D eigenvalue weighted by Crippen LogP contribution is 2.25. The van der Waals surface area contributed by atoms with E-state index in [4.69, 9.17) is 5.73 Å². The molecule has 3 unspecified atom stereocenters. The molecule has 0 aromatic carbocycles. The van der Waals surface area contributed by atoms with Crippen molar-refractivity contribution in [1.29, 1.82) is 0 Å². The second kappa shape index (κ2) is 6.71. The largest absolute Gasteiger partial charge is 0.338 e. The monoisotopic (exact) mass is 267 g/mol. The summed E-state index contributed by atoms with van der Waals surface area (Å²) in [7, 11) is 2.14. The summed E-state index contributed by atoms with van der Waals surface area (Å²) in [5.41, 5.74) is 6.24. The van der Waals surface area contributed by atoms with Crippen LogP contribution < -0.4 is 5.73 Å². The van der Waals surface area contributed by atoms with Crippen molar-refractivity contribution >= 4 is 5.91 Å². The van der Waals surface area contributed by atoms with Crippen LogP contribution in [0.1, 0.15) is 45.4 Å². The zero-order valence-electron chi connectivity index (χ0n) is 12.5. The normalized spacial score (nSPS) is 34.7. The second-order valence-corrected chi connectivity index (χ2v) is 6.40. The molecule has 4 nitrogen and oxygen atoms in total. The number of carbonyl (C=O) groups excluding carboxylic acids is 1. The Morgan fingerprint density at radius 1 is 1.11 bits per heavy atom. The maximum atomic E-state index is 12.8. The fourth-order valence-corrected chi connectivity index (χ4v) is 3.56. The van der Waals surface area contributed by atoms with E-state index < -0.39 is 0 Å². The number of nitrogens with zero attached hydrogens (tertiary/aromatic N) is 2. The van der Waals surface area contributed by atoms with E-state index in [1.807, 2.05) is 0 Å². The molecule has 0 aromatic rings. The molecule has 2 fully saturated rings. The minimum Gasteiger partial charge on any atom is -0.338 e. The molecule has 2 rings (SSSR count). The number of nitrogens with two attached hydrogens (primary N) is 1. The molecule has 1 saturated heterocycles. The Kier molecular flexibility index (Phi) is 5.22. The van der Waals surface area contributed by atoms with Crippen LogP contribution in [0.15, 0.2) is 0 Å². The average Bonchev–Trinajstić information content (AvgIpc) is 2.66. The summed E-state index contributed by atoms with van der Waals surface area (Å²) >= 11 is 0. The summed E-state index contributed by atoms with van der Waals surface area (Å²) in [6.45, 7) is 5.13. The van der Waals surface area contributed by atoms with Crippen LogP contribution in [0.4, 0.5) is 0 Å². The first kappa shape index (κ1) is 14.8. The average molecular weight is 267 g/mol. The summed E-state index contributed by atoms with van der Waals surface area (Å²) in [4.78, 5) is 17.2. The Balaban J connectivity index is 2.04. The molecule has 1 saturated carbocycles. The van der Waals surface area contributed by atoms with Gasteiger partial charge in [-0.05, 0) is 39.8 Å². The zero-order chi connectivity index (χ0) is 13.8. The molecule has 2 N–H and O–H groups in total. The van der Waals surface area contributed by atoms with Gasteiger partial charge in [-0.2, -0.15) is 0 Å². The Labute approximate surface area is 117 Å². The summed E-state index contributed by atoms with van der Waals surface area (Å²) in [6.07, 6.45) is 6.65. The van der Waals surface area contributed by atoms with Crippen LogP contribution in [0, 0.1) is 5.92 Å². The molecule has 2 aliphatic rings. The molecule has 1 aliphatic heterocycles. The molecule has 110 valence electrons. The van der Waals surface area contributed by atoms with Gasteiger partial charge in [0, 0.05) is 25.2 Å². The zero-order valence-corrected chi connectivity index (χ0v) is 12.5. The molecule has 1 aliphatic carbocycles. The highest BCUT2D eigenvalue weighted by atomic mass is 16.2. The van der Waals surface area contributed by atoms with Gasteiger partial charge >= 0.3 is 0 Å². The van der Waals surface area contributed by atoms with E-state index in [-0.39, 0.29) is 12.0 Å². The third-order valence-electron chi connectivity index (χ3n) is 4.72. The number of rotatable bonds is 1. The molecule has 0 aromatic heterocycles. The molecule has 4 heteroatoms. The molecular weight excluding hydrogens is 238 g/mol. The highest BCUT2D eigenvalue weighted by Gasteiger charge is 2.33. The third kappa shape index (κ3) is 3.69. The molecule has 0 spiro atoms. The molecule has 1 amide bonds. The van der Waals surface area contributed by atoms with E-state index in [0.29, 0.717) is 11.9 Å². The molecule has 0 bridgehead atoms. The van der Waals surface area contributed by atoms with Gasteiger partial charge in [0.1, 0.15) is 0 Å². The number of amides is 1. The van der Waals surface area contributed by atoms with Crippen LogP contribution in [0.25, 0.3) is 0 Å². The van der Waals surface area contributed by atoms with Gasteiger partial charge in [-0.25, -0.2) is 0 Å². The summed E-state index contributed by atoms with van der Waals surface area (Å²) in [6, 6.07) is 0.388. The van der Waals surface area contributed by atoms with E-state index in [9.17, 15) is 4.79 Å². The number of hydrogen-bond donors (Lipinski definition) is 1. The van der Waals surface area contributed by atoms with E-state index in [1.165, 1.54) is 12.8 Å². The van der Waals surface area contributed by atoms with Crippen molar-refractivity contribution in [1.82, 2.24) is 9.80 Å².